The first-order valence-corrected chi connectivity index (χ1v) is 53.5. The number of anilines is 9. The lowest BCUT2D eigenvalue weighted by atomic mass is 9.68. The molecule has 0 atom stereocenters. The number of benzene rings is 22. The molecule has 6 heteroatoms. The third kappa shape index (κ3) is 14.5. The van der Waals surface area contributed by atoms with Gasteiger partial charge in [0.15, 0.2) is 16.7 Å². The van der Waals surface area contributed by atoms with Crippen LogP contribution in [0.25, 0.3) is 176 Å². The smallest absolute Gasteiger partial charge is 0.159 e. The van der Waals surface area contributed by atoms with E-state index >= 15 is 0 Å². The Morgan fingerprint density at radius 1 is 0.161 bits per heavy atom. The van der Waals surface area contributed by atoms with Gasteiger partial charge in [0.05, 0.1) is 17.1 Å². The third-order valence-electron chi connectivity index (χ3n) is 34.1. The highest BCUT2D eigenvalue weighted by molar-refractivity contribution is 6.24. The van der Waals surface area contributed by atoms with Crippen molar-refractivity contribution in [2.45, 2.75) is 106 Å². The van der Waals surface area contributed by atoms with Crippen LogP contribution >= 0.6 is 0 Å². The highest BCUT2D eigenvalue weighted by atomic mass is 16.3. The van der Waals surface area contributed by atoms with Crippen LogP contribution in [0.3, 0.4) is 0 Å². The summed E-state index contributed by atoms with van der Waals surface area (Å²) in [6.07, 6.45) is 17.5. The number of hydrogen-bond acceptors (Lipinski definition) is 6. The minimum absolute atomic E-state index is 0.0614. The molecule has 0 unspecified atom stereocenters. The first-order valence-electron chi connectivity index (χ1n) is 53.5. The van der Waals surface area contributed by atoms with Crippen molar-refractivity contribution in [2.24, 2.45) is 0 Å². The van der Waals surface area contributed by atoms with Gasteiger partial charge < -0.3 is 28.0 Å². The molecule has 0 bridgehead atoms. The van der Waals surface area contributed by atoms with Gasteiger partial charge in [-0.05, 0) is 291 Å². The fourth-order valence-corrected chi connectivity index (χ4v) is 27.3. The summed E-state index contributed by atoms with van der Waals surface area (Å²) in [4.78, 5) is 7.25. The standard InChI is InChI=1S/C52H39NO.C46H35NO.C45H33NO/c1-3-12-35(13-4-1)36-20-22-37(23-21-36)38-24-27-40(28-25-38)53(48-19-11-17-45-50-42-15-6-5-14-39(42)26-31-49(50)54-51(45)48)41-29-30-44-43-16-7-8-18-46(43)52(47(44)34-41)32-9-2-10-33-52;1-3-12-31(13-4-1)32-20-23-34(24-21-32)47(42-19-11-17-39-44-36-15-6-5-14-33(36)22-27-43(44)48-45(39)42)35-25-26-38-37-16-7-8-18-40(37)46(41(38)30-35)28-9-2-10-29-46;1-2-11-30(12-3-1)31-19-22-33(23-20-31)46(34-24-25-37-36-15-6-7-17-39(36)45(40(37)29-34)27-8-9-28-45)41-18-10-16-38-43-35-14-5-4-13-32(35)21-26-42(43)47-44(38)41/h1,3-8,11-31,34H,2,9-10,32-33H2;1,3-8,11-27,30H,2,9-10,28-29H2;1-7,10-26,29H,8-9,27-28H2. The van der Waals surface area contributed by atoms with Gasteiger partial charge in [-0.1, -0.05) is 421 Å². The lowest BCUT2D eigenvalue weighted by Crippen LogP contribution is -2.28. The molecule has 3 aromatic heterocycles. The van der Waals surface area contributed by atoms with E-state index in [4.69, 9.17) is 13.3 Å². The summed E-state index contributed by atoms with van der Waals surface area (Å²) >= 11 is 0. The van der Waals surface area contributed by atoms with Gasteiger partial charge >= 0.3 is 0 Å². The maximum Gasteiger partial charge on any atom is 0.159 e. The van der Waals surface area contributed by atoms with Gasteiger partial charge in [0, 0.05) is 82.7 Å². The minimum atomic E-state index is 0.0614. The van der Waals surface area contributed by atoms with E-state index in [1.165, 1.54) is 250 Å². The average molecular weight is 1920 g/mol. The summed E-state index contributed by atoms with van der Waals surface area (Å²) < 4.78 is 20.5. The number of furan rings is 3. The number of nitrogens with zero attached hydrogens (tertiary/aromatic N) is 3. The fraction of sp³-hybridized carbons (Fsp3) is 0.119. The molecule has 25 aromatic rings. The SMILES string of the molecule is c1ccc(-c2ccc(-c3ccc(N(c4ccc5c(c4)C4(CCCCC4)c4ccccc4-5)c4cccc5c4oc4ccc6ccccc6c45)cc3)cc2)cc1.c1ccc(-c2ccc(N(c3ccc4c(c3)C3(CCCC3)c3ccccc3-4)c3cccc4c3oc3ccc5ccccc5c34)cc2)cc1.c1ccc(-c2ccc(N(c3ccc4c(c3)C3(CCCCC3)c3ccccc3-4)c3cccc4c3oc3ccc5ccccc5c34)cc2)cc1. The third-order valence-corrected chi connectivity index (χ3v) is 34.1. The second-order valence-corrected chi connectivity index (χ2v) is 42.0. The zero-order chi connectivity index (χ0) is 98.2. The van der Waals surface area contributed by atoms with Gasteiger partial charge in [0.1, 0.15) is 16.7 Å². The molecule has 712 valence electrons. The fourth-order valence-electron chi connectivity index (χ4n) is 27.3. The van der Waals surface area contributed by atoms with Gasteiger partial charge in [0.2, 0.25) is 0 Å². The van der Waals surface area contributed by atoms with E-state index in [1.54, 1.807) is 0 Å². The van der Waals surface area contributed by atoms with Gasteiger partial charge in [-0.3, -0.25) is 0 Å². The highest BCUT2D eigenvalue weighted by Crippen LogP contribution is 2.63. The highest BCUT2D eigenvalue weighted by Gasteiger charge is 2.48. The summed E-state index contributed by atoms with van der Waals surface area (Å²) in [6.45, 7) is 0. The zero-order valence-corrected chi connectivity index (χ0v) is 83.1. The zero-order valence-electron chi connectivity index (χ0n) is 83.1. The molecule has 6 aliphatic carbocycles. The Hall–Kier alpha value is -17.6. The molecule has 3 saturated carbocycles. The predicted molar refractivity (Wildman–Crippen MR) is 623 cm³/mol. The maximum atomic E-state index is 6.87. The van der Waals surface area contributed by atoms with Crippen LogP contribution < -0.4 is 14.7 Å². The second kappa shape index (κ2) is 36.0. The first kappa shape index (κ1) is 88.0. The van der Waals surface area contributed by atoms with Crippen molar-refractivity contribution in [3.63, 3.8) is 0 Å². The molecule has 149 heavy (non-hydrogen) atoms. The largest absolute Gasteiger partial charge is 0.454 e. The Kier molecular flexibility index (Phi) is 21.2. The lowest BCUT2D eigenvalue weighted by molar-refractivity contribution is 0.353. The molecule has 0 saturated heterocycles. The van der Waals surface area contributed by atoms with Crippen LogP contribution in [0.1, 0.15) is 123 Å². The number of hydrogen-bond donors (Lipinski definition) is 0. The lowest BCUT2D eigenvalue weighted by Gasteiger charge is -2.36. The van der Waals surface area contributed by atoms with E-state index in [-0.39, 0.29) is 16.2 Å². The molecule has 6 aliphatic rings. The summed E-state index contributed by atoms with van der Waals surface area (Å²) in [6, 6.07) is 175. The van der Waals surface area contributed by atoms with Crippen molar-refractivity contribution in [1.29, 1.82) is 0 Å². The molecular formula is C143H107N3O3. The van der Waals surface area contributed by atoms with Crippen LogP contribution in [0, 0.1) is 0 Å². The maximum absolute atomic E-state index is 6.87. The molecule has 6 nitrogen and oxygen atoms in total. The quantitative estimate of drug-likeness (QED) is 0.115. The Morgan fingerprint density at radius 2 is 0.389 bits per heavy atom. The number of para-hydroxylation sites is 3. The summed E-state index contributed by atoms with van der Waals surface area (Å²) in [5.74, 6) is 0. The molecule has 3 heterocycles. The number of fused-ring (bicyclic) bond motifs is 30. The Balaban J connectivity index is 0.000000105. The van der Waals surface area contributed by atoms with E-state index in [0.717, 1.165) is 101 Å². The van der Waals surface area contributed by atoms with Crippen LogP contribution in [0.15, 0.2) is 492 Å². The summed E-state index contributed by atoms with van der Waals surface area (Å²) in [5.41, 5.74) is 42.7. The first-order chi connectivity index (χ1) is 73.8. The van der Waals surface area contributed by atoms with Crippen molar-refractivity contribution >= 4 is 149 Å². The Bertz CT molecular complexity index is 9530. The Labute approximate surface area is 867 Å². The van der Waals surface area contributed by atoms with E-state index < -0.39 is 0 Å². The van der Waals surface area contributed by atoms with Crippen molar-refractivity contribution in [3.8, 4) is 77.9 Å². The average Bonchev–Trinajstić information content (AvgIpc) is 1.57. The summed E-state index contributed by atoms with van der Waals surface area (Å²) in [7, 11) is 0. The molecule has 31 rings (SSSR count). The minimum Gasteiger partial charge on any atom is -0.454 e. The van der Waals surface area contributed by atoms with E-state index in [0.29, 0.717) is 0 Å². The van der Waals surface area contributed by atoms with Crippen LogP contribution in [0.2, 0.25) is 0 Å². The monoisotopic (exact) mass is 1910 g/mol. The van der Waals surface area contributed by atoms with E-state index in [9.17, 15) is 0 Å². The van der Waals surface area contributed by atoms with Crippen LogP contribution in [-0.4, -0.2) is 0 Å². The molecule has 3 fully saturated rings. The van der Waals surface area contributed by atoms with Crippen molar-refractivity contribution in [2.75, 3.05) is 14.7 Å². The van der Waals surface area contributed by atoms with Crippen LogP contribution in [-0.2, 0) is 16.2 Å². The summed E-state index contributed by atoms with van der Waals surface area (Å²) in [5, 5.41) is 14.3. The molecule has 0 amide bonds. The Morgan fingerprint density at radius 3 is 0.685 bits per heavy atom. The molecule has 3 spiro atoms. The van der Waals surface area contributed by atoms with Crippen molar-refractivity contribution in [1.82, 2.24) is 0 Å². The van der Waals surface area contributed by atoms with E-state index in [2.05, 4.69) is 494 Å². The van der Waals surface area contributed by atoms with Gasteiger partial charge in [0.25, 0.3) is 0 Å². The van der Waals surface area contributed by atoms with Crippen molar-refractivity contribution in [3.05, 3.63) is 513 Å². The number of rotatable bonds is 13. The second-order valence-electron chi connectivity index (χ2n) is 42.0. The van der Waals surface area contributed by atoms with Crippen molar-refractivity contribution < 1.29 is 13.3 Å². The molecule has 22 aromatic carbocycles. The van der Waals surface area contributed by atoms with Crippen LogP contribution in [0.5, 0.6) is 0 Å². The molecule has 0 aliphatic heterocycles. The topological polar surface area (TPSA) is 49.1 Å². The molecule has 0 radical (unpaired) electrons. The normalized spacial score (nSPS) is 14.6. The van der Waals surface area contributed by atoms with Gasteiger partial charge in [-0.2, -0.15) is 0 Å². The molecular weight excluding hydrogens is 1810 g/mol. The van der Waals surface area contributed by atoms with Gasteiger partial charge in [-0.15, -0.1) is 0 Å². The predicted octanol–water partition coefficient (Wildman–Crippen LogP) is 40.6. The van der Waals surface area contributed by atoms with E-state index in [1.807, 2.05) is 0 Å². The van der Waals surface area contributed by atoms with Crippen LogP contribution in [0.4, 0.5) is 51.2 Å². The van der Waals surface area contributed by atoms with Gasteiger partial charge in [-0.25, -0.2) is 0 Å². The molecule has 0 N–H and O–H groups in total.